The van der Waals surface area contributed by atoms with E-state index in [9.17, 15) is 0 Å². The third-order valence-corrected chi connectivity index (χ3v) is 15.4. The van der Waals surface area contributed by atoms with Gasteiger partial charge in [0.1, 0.15) is 11.2 Å². The Balaban J connectivity index is 1.12. The number of hydrogen-bond donors (Lipinski definition) is 0. The molecule has 0 radical (unpaired) electrons. The zero-order valence-corrected chi connectivity index (χ0v) is 44.0. The average Bonchev–Trinajstić information content (AvgIpc) is 4.00. The second-order valence-electron chi connectivity index (χ2n) is 22.5. The number of rotatable bonds is 8. The smallest absolute Gasteiger partial charge is 0.160 e. The first-order valence-corrected chi connectivity index (χ1v) is 26.7. The van der Waals surface area contributed by atoms with Gasteiger partial charge in [0.05, 0.1) is 28.1 Å². The Morgan fingerprint density at radius 2 is 0.934 bits per heavy atom. The van der Waals surface area contributed by atoms with Crippen molar-refractivity contribution in [3.05, 3.63) is 241 Å². The molecule has 1 aliphatic carbocycles. The standard InChI is InChI=1S/C72H59N3O/c1-71(2,3)55-33-26-48(27-34-55)59-42-54(64-45-63(50-22-14-9-15-23-50)73-70(74-64)53-30-37-58-57-24-16-17-25-67(57)76-68(58)44-53)43-60(49-28-35-56(36-29-49)72(4,5)6)69(59)75-65-38-31-51(46-18-10-7-11-19-46)40-61(65)62-41-52(32-39-66(62)75)47-20-12-8-13-21-47/h7-12,14-20,22-45H,13,21H2,1-6H3. The van der Waals surface area contributed by atoms with Crippen molar-refractivity contribution >= 4 is 49.3 Å². The summed E-state index contributed by atoms with van der Waals surface area (Å²) in [6, 6.07) is 75.4. The third-order valence-electron chi connectivity index (χ3n) is 15.4. The van der Waals surface area contributed by atoms with Crippen LogP contribution in [0.3, 0.4) is 0 Å². The molecule has 0 saturated carbocycles. The minimum Gasteiger partial charge on any atom is -0.456 e. The summed E-state index contributed by atoms with van der Waals surface area (Å²) >= 11 is 0. The highest BCUT2D eigenvalue weighted by Gasteiger charge is 2.25. The third kappa shape index (κ3) is 8.54. The van der Waals surface area contributed by atoms with Gasteiger partial charge in [-0.15, -0.1) is 0 Å². The topological polar surface area (TPSA) is 43.9 Å². The Bertz CT molecular complexity index is 4170. The van der Waals surface area contributed by atoms with Crippen LogP contribution in [0.25, 0.3) is 122 Å². The van der Waals surface area contributed by atoms with Crippen LogP contribution in [0, 0.1) is 0 Å². The molecule has 3 heterocycles. The van der Waals surface area contributed by atoms with Crippen LogP contribution in [-0.4, -0.2) is 14.5 Å². The number of hydrogen-bond acceptors (Lipinski definition) is 3. The second-order valence-corrected chi connectivity index (χ2v) is 22.5. The van der Waals surface area contributed by atoms with Gasteiger partial charge in [0.2, 0.25) is 0 Å². The van der Waals surface area contributed by atoms with E-state index in [-0.39, 0.29) is 10.8 Å². The van der Waals surface area contributed by atoms with E-state index in [1.807, 2.05) is 12.1 Å². The van der Waals surface area contributed by atoms with Crippen LogP contribution in [0.2, 0.25) is 0 Å². The van der Waals surface area contributed by atoms with Gasteiger partial charge in [-0.05, 0) is 129 Å². The highest BCUT2D eigenvalue weighted by Crippen LogP contribution is 2.46. The molecular weight excluding hydrogens is 923 g/mol. The molecule has 0 unspecified atom stereocenters. The predicted molar refractivity (Wildman–Crippen MR) is 320 cm³/mol. The van der Waals surface area contributed by atoms with Crippen LogP contribution >= 0.6 is 0 Å². The first kappa shape index (κ1) is 46.9. The SMILES string of the molecule is CC(C)(C)c1ccc(-c2cc(-c3cc(-c4ccccc4)nc(-c4ccc5c(c4)oc4ccccc45)n3)cc(-c3ccc(C(C)(C)C)cc3)c2-n2c3ccc(C4=CC=CCC4)cc3c3cc(-c4ccccc4)ccc32)cc1. The number of nitrogens with zero attached hydrogens (tertiary/aromatic N) is 3. The molecule has 0 saturated heterocycles. The molecule has 368 valence electrons. The van der Waals surface area contributed by atoms with Crippen LogP contribution in [-0.2, 0) is 10.8 Å². The summed E-state index contributed by atoms with van der Waals surface area (Å²) in [5.74, 6) is 0.630. The zero-order chi connectivity index (χ0) is 51.7. The highest BCUT2D eigenvalue weighted by molar-refractivity contribution is 6.13. The van der Waals surface area contributed by atoms with Crippen LogP contribution in [0.1, 0.15) is 71.1 Å². The molecule has 0 bridgehead atoms. The van der Waals surface area contributed by atoms with Crippen molar-refractivity contribution in [2.24, 2.45) is 0 Å². The molecule has 4 heteroatoms. The lowest BCUT2D eigenvalue weighted by Crippen LogP contribution is -2.10. The highest BCUT2D eigenvalue weighted by atomic mass is 16.3. The molecule has 0 N–H and O–H groups in total. The van der Waals surface area contributed by atoms with Crippen molar-refractivity contribution in [3.63, 3.8) is 0 Å². The molecule has 9 aromatic carbocycles. The van der Waals surface area contributed by atoms with E-state index in [2.05, 4.69) is 258 Å². The predicted octanol–water partition coefficient (Wildman–Crippen LogP) is 19.8. The number of allylic oxidation sites excluding steroid dienone is 4. The quantitative estimate of drug-likeness (QED) is 0.152. The van der Waals surface area contributed by atoms with Crippen molar-refractivity contribution in [2.45, 2.75) is 65.2 Å². The Kier molecular flexibility index (Phi) is 11.4. The van der Waals surface area contributed by atoms with Crippen molar-refractivity contribution in [2.75, 3.05) is 0 Å². The van der Waals surface area contributed by atoms with E-state index in [1.165, 1.54) is 44.2 Å². The first-order valence-electron chi connectivity index (χ1n) is 26.7. The van der Waals surface area contributed by atoms with Gasteiger partial charge in [0.15, 0.2) is 5.82 Å². The van der Waals surface area contributed by atoms with Crippen molar-refractivity contribution in [3.8, 4) is 73.0 Å². The van der Waals surface area contributed by atoms with E-state index >= 15 is 0 Å². The lowest BCUT2D eigenvalue weighted by Gasteiger charge is -2.23. The molecule has 76 heavy (non-hydrogen) atoms. The van der Waals surface area contributed by atoms with E-state index in [0.29, 0.717) is 5.82 Å². The van der Waals surface area contributed by atoms with Gasteiger partial charge in [0.25, 0.3) is 0 Å². The van der Waals surface area contributed by atoms with E-state index in [1.54, 1.807) is 0 Å². The molecular formula is C72H59N3O. The first-order chi connectivity index (χ1) is 36.9. The zero-order valence-electron chi connectivity index (χ0n) is 44.0. The maximum absolute atomic E-state index is 6.44. The second kappa shape index (κ2) is 18.5. The number of fused-ring (bicyclic) bond motifs is 6. The Morgan fingerprint density at radius 3 is 1.54 bits per heavy atom. The molecule has 0 fully saturated rings. The van der Waals surface area contributed by atoms with Gasteiger partial charge in [-0.25, -0.2) is 9.97 Å². The molecule has 0 spiro atoms. The monoisotopic (exact) mass is 981 g/mol. The fourth-order valence-corrected chi connectivity index (χ4v) is 11.2. The lowest BCUT2D eigenvalue weighted by molar-refractivity contribution is 0.590. The minimum atomic E-state index is -0.0235. The Labute approximate surface area is 445 Å². The summed E-state index contributed by atoms with van der Waals surface area (Å²) in [4.78, 5) is 10.9. The lowest BCUT2D eigenvalue weighted by atomic mass is 9.84. The van der Waals surface area contributed by atoms with Gasteiger partial charge in [0, 0.05) is 49.4 Å². The number of aromatic nitrogens is 3. The fourth-order valence-electron chi connectivity index (χ4n) is 11.2. The molecule has 12 aromatic rings. The van der Waals surface area contributed by atoms with E-state index in [4.69, 9.17) is 14.4 Å². The molecule has 3 aromatic heterocycles. The number of para-hydroxylation sites is 1. The van der Waals surface area contributed by atoms with Gasteiger partial charge >= 0.3 is 0 Å². The molecule has 0 aliphatic heterocycles. The van der Waals surface area contributed by atoms with Crippen LogP contribution in [0.5, 0.6) is 0 Å². The van der Waals surface area contributed by atoms with E-state index < -0.39 is 0 Å². The van der Waals surface area contributed by atoms with Crippen molar-refractivity contribution in [1.82, 2.24) is 14.5 Å². The molecule has 0 amide bonds. The summed E-state index contributed by atoms with van der Waals surface area (Å²) in [7, 11) is 0. The maximum atomic E-state index is 6.44. The molecule has 0 atom stereocenters. The molecule has 13 rings (SSSR count). The largest absolute Gasteiger partial charge is 0.456 e. The maximum Gasteiger partial charge on any atom is 0.160 e. The molecule has 4 nitrogen and oxygen atoms in total. The van der Waals surface area contributed by atoms with Crippen molar-refractivity contribution in [1.29, 1.82) is 0 Å². The van der Waals surface area contributed by atoms with Gasteiger partial charge in [-0.2, -0.15) is 0 Å². The Hall–Kier alpha value is -8.86. The minimum absolute atomic E-state index is 0.0235. The van der Waals surface area contributed by atoms with Gasteiger partial charge < -0.3 is 8.98 Å². The normalized spacial score (nSPS) is 13.1. The van der Waals surface area contributed by atoms with Crippen molar-refractivity contribution < 1.29 is 4.42 Å². The number of furan rings is 1. The fraction of sp³-hybridized carbons (Fsp3) is 0.139. The van der Waals surface area contributed by atoms with Crippen LogP contribution in [0.15, 0.2) is 229 Å². The Morgan fingerprint density at radius 1 is 0.408 bits per heavy atom. The number of benzene rings is 9. The summed E-state index contributed by atoms with van der Waals surface area (Å²) in [5.41, 5.74) is 21.6. The van der Waals surface area contributed by atoms with Crippen LogP contribution in [0.4, 0.5) is 0 Å². The molecule has 1 aliphatic rings. The summed E-state index contributed by atoms with van der Waals surface area (Å²) in [6.07, 6.45) is 8.82. The summed E-state index contributed by atoms with van der Waals surface area (Å²) in [6.45, 7) is 13.7. The van der Waals surface area contributed by atoms with E-state index in [0.717, 1.165) is 102 Å². The summed E-state index contributed by atoms with van der Waals surface area (Å²) in [5, 5.41) is 4.60. The average molecular weight is 982 g/mol. The summed E-state index contributed by atoms with van der Waals surface area (Å²) < 4.78 is 8.99. The van der Waals surface area contributed by atoms with Gasteiger partial charge in [-0.1, -0.05) is 205 Å². The van der Waals surface area contributed by atoms with Gasteiger partial charge in [-0.3, -0.25) is 0 Å². The van der Waals surface area contributed by atoms with Crippen LogP contribution < -0.4 is 0 Å².